The van der Waals surface area contributed by atoms with Crippen LogP contribution in [0.5, 0.6) is 5.75 Å². The van der Waals surface area contributed by atoms with Gasteiger partial charge in [-0.3, -0.25) is 9.10 Å². The molecule has 3 rings (SSSR count). The molecule has 0 aromatic heterocycles. The van der Waals surface area contributed by atoms with E-state index in [2.05, 4.69) is 10.2 Å². The summed E-state index contributed by atoms with van der Waals surface area (Å²) in [5.74, 6) is 0.291. The summed E-state index contributed by atoms with van der Waals surface area (Å²) < 4.78 is 33.1. The molecule has 0 saturated carbocycles. The van der Waals surface area contributed by atoms with Gasteiger partial charge in [0.25, 0.3) is 10.0 Å². The Morgan fingerprint density at radius 2 is 1.69 bits per heavy atom. The highest BCUT2D eigenvalue weighted by molar-refractivity contribution is 7.92. The van der Waals surface area contributed by atoms with Crippen LogP contribution in [0.3, 0.4) is 0 Å². The van der Waals surface area contributed by atoms with Gasteiger partial charge in [0.05, 0.1) is 17.7 Å². The molecular weight excluding hydrogens is 426 g/mol. The van der Waals surface area contributed by atoms with Crippen molar-refractivity contribution in [2.75, 3.05) is 44.1 Å². The van der Waals surface area contributed by atoms with Crippen LogP contribution in [0.4, 0.5) is 5.69 Å². The number of nitrogens with one attached hydrogen (secondary N) is 1. The second-order valence-corrected chi connectivity index (χ2v) is 9.99. The molecule has 0 unspecified atom stereocenters. The van der Waals surface area contributed by atoms with Crippen molar-refractivity contribution in [2.24, 2.45) is 0 Å². The van der Waals surface area contributed by atoms with E-state index in [1.54, 1.807) is 55.6 Å². The van der Waals surface area contributed by atoms with Gasteiger partial charge in [-0.15, -0.1) is 0 Å². The van der Waals surface area contributed by atoms with Crippen molar-refractivity contribution in [3.8, 4) is 5.75 Å². The average Bonchev–Trinajstić information content (AvgIpc) is 2.81. The number of anilines is 1. The number of methoxy groups -OCH3 is 1. The van der Waals surface area contributed by atoms with E-state index in [1.165, 1.54) is 19.3 Å². The quantitative estimate of drug-likeness (QED) is 0.552. The van der Waals surface area contributed by atoms with Gasteiger partial charge in [0, 0.05) is 6.54 Å². The molecule has 7 nitrogen and oxygen atoms in total. The van der Waals surface area contributed by atoms with E-state index >= 15 is 0 Å². The zero-order valence-electron chi connectivity index (χ0n) is 18.9. The third-order valence-corrected chi connectivity index (χ3v) is 7.47. The van der Waals surface area contributed by atoms with Crippen molar-refractivity contribution in [3.05, 3.63) is 54.1 Å². The summed E-state index contributed by atoms with van der Waals surface area (Å²) in [6.07, 6.45) is 4.61. The molecule has 0 atom stereocenters. The predicted molar refractivity (Wildman–Crippen MR) is 127 cm³/mol. The Labute approximate surface area is 191 Å². The number of sulfonamides is 1. The summed E-state index contributed by atoms with van der Waals surface area (Å²) >= 11 is 0. The number of carbonyl (C=O) groups is 1. The van der Waals surface area contributed by atoms with Crippen LogP contribution in [-0.2, 0) is 14.8 Å². The van der Waals surface area contributed by atoms with Crippen molar-refractivity contribution in [1.29, 1.82) is 0 Å². The molecule has 0 aliphatic carbocycles. The first-order chi connectivity index (χ1) is 15.4. The van der Waals surface area contributed by atoms with E-state index in [0.29, 0.717) is 18.0 Å². The van der Waals surface area contributed by atoms with E-state index in [4.69, 9.17) is 4.74 Å². The molecule has 0 radical (unpaired) electrons. The van der Waals surface area contributed by atoms with Gasteiger partial charge in [0.15, 0.2) is 0 Å². The largest absolute Gasteiger partial charge is 0.497 e. The highest BCUT2D eigenvalue weighted by Crippen LogP contribution is 2.26. The number of benzene rings is 2. The molecule has 2 aromatic rings. The van der Waals surface area contributed by atoms with Crippen LogP contribution in [0.1, 0.15) is 31.2 Å². The van der Waals surface area contributed by atoms with E-state index < -0.39 is 10.0 Å². The molecule has 1 heterocycles. The predicted octanol–water partition coefficient (Wildman–Crippen LogP) is 3.19. The van der Waals surface area contributed by atoms with Gasteiger partial charge in [-0.05, 0) is 82.2 Å². The van der Waals surface area contributed by atoms with Crippen LogP contribution in [0, 0.1) is 6.92 Å². The molecule has 0 spiro atoms. The van der Waals surface area contributed by atoms with Crippen molar-refractivity contribution in [1.82, 2.24) is 10.2 Å². The molecule has 1 aliphatic heterocycles. The van der Waals surface area contributed by atoms with Gasteiger partial charge in [-0.2, -0.15) is 0 Å². The van der Waals surface area contributed by atoms with Gasteiger partial charge in [-0.25, -0.2) is 8.42 Å². The molecule has 1 amide bonds. The minimum atomic E-state index is -3.91. The number of carbonyl (C=O) groups excluding carboxylic acids is 1. The van der Waals surface area contributed by atoms with Crippen LogP contribution in [0.2, 0.25) is 0 Å². The highest BCUT2D eigenvalue weighted by Gasteiger charge is 2.27. The Bertz CT molecular complexity index is 969. The lowest BCUT2D eigenvalue weighted by molar-refractivity contribution is -0.119. The van der Waals surface area contributed by atoms with Crippen LogP contribution < -0.4 is 14.4 Å². The Kier molecular flexibility index (Phi) is 8.53. The maximum Gasteiger partial charge on any atom is 0.264 e. The maximum absolute atomic E-state index is 13.4. The molecule has 2 aromatic carbocycles. The fourth-order valence-corrected chi connectivity index (χ4v) is 5.22. The van der Waals surface area contributed by atoms with Crippen molar-refractivity contribution >= 4 is 21.6 Å². The number of rotatable bonds is 10. The molecule has 174 valence electrons. The highest BCUT2D eigenvalue weighted by atomic mass is 32.2. The van der Waals surface area contributed by atoms with E-state index in [9.17, 15) is 13.2 Å². The first-order valence-electron chi connectivity index (χ1n) is 11.1. The summed E-state index contributed by atoms with van der Waals surface area (Å²) in [6.45, 7) is 5.32. The number of hydrogen-bond donors (Lipinski definition) is 1. The molecule has 1 fully saturated rings. The Morgan fingerprint density at radius 3 is 2.31 bits per heavy atom. The van der Waals surface area contributed by atoms with Crippen molar-refractivity contribution in [2.45, 2.75) is 37.5 Å². The fourth-order valence-electron chi connectivity index (χ4n) is 3.80. The van der Waals surface area contributed by atoms with Crippen molar-refractivity contribution < 1.29 is 17.9 Å². The number of likely N-dealkylation sites (tertiary alicyclic amines) is 1. The Morgan fingerprint density at radius 1 is 1.03 bits per heavy atom. The SMILES string of the molecule is COc1ccc(N(CC(=O)NCCCN2CCCCC2)S(=O)(=O)c2ccc(C)cc2)cc1. The van der Waals surface area contributed by atoms with Crippen LogP contribution in [-0.4, -0.2) is 59.1 Å². The Balaban J connectivity index is 1.69. The second-order valence-electron chi connectivity index (χ2n) is 8.13. The molecule has 0 bridgehead atoms. The summed E-state index contributed by atoms with van der Waals surface area (Å²) in [5.41, 5.74) is 1.38. The van der Waals surface area contributed by atoms with E-state index in [-0.39, 0.29) is 17.3 Å². The number of aryl methyl sites for hydroxylation is 1. The maximum atomic E-state index is 13.4. The fraction of sp³-hybridized carbons (Fsp3) is 0.458. The van der Waals surface area contributed by atoms with Crippen molar-refractivity contribution in [3.63, 3.8) is 0 Å². The first kappa shape index (κ1) is 24.1. The monoisotopic (exact) mass is 459 g/mol. The smallest absolute Gasteiger partial charge is 0.264 e. The second kappa shape index (κ2) is 11.3. The van der Waals surface area contributed by atoms with Gasteiger partial charge in [0.2, 0.25) is 5.91 Å². The number of piperidine rings is 1. The Hall–Kier alpha value is -2.58. The lowest BCUT2D eigenvalue weighted by Crippen LogP contribution is -2.41. The van der Waals surface area contributed by atoms with Gasteiger partial charge < -0.3 is 15.0 Å². The number of amides is 1. The number of hydrogen-bond acceptors (Lipinski definition) is 5. The van der Waals surface area contributed by atoms with Crippen LogP contribution in [0.15, 0.2) is 53.4 Å². The van der Waals surface area contributed by atoms with E-state index in [0.717, 1.165) is 35.9 Å². The molecule has 1 aliphatic rings. The summed E-state index contributed by atoms with van der Waals surface area (Å²) in [6, 6.07) is 13.3. The third kappa shape index (κ3) is 6.46. The zero-order chi connectivity index (χ0) is 23.0. The molecule has 8 heteroatoms. The minimum absolute atomic E-state index is 0.150. The van der Waals surface area contributed by atoms with E-state index in [1.807, 2.05) is 6.92 Å². The minimum Gasteiger partial charge on any atom is -0.497 e. The van der Waals surface area contributed by atoms with Crippen LogP contribution in [0.25, 0.3) is 0 Å². The lowest BCUT2D eigenvalue weighted by Gasteiger charge is -2.26. The molecule has 1 saturated heterocycles. The summed E-state index contributed by atoms with van der Waals surface area (Å²) in [5, 5.41) is 2.88. The summed E-state index contributed by atoms with van der Waals surface area (Å²) in [4.78, 5) is 15.2. The molecule has 1 N–H and O–H groups in total. The lowest BCUT2D eigenvalue weighted by atomic mass is 10.1. The number of nitrogens with zero attached hydrogens (tertiary/aromatic N) is 2. The van der Waals surface area contributed by atoms with Gasteiger partial charge in [-0.1, -0.05) is 24.1 Å². The van der Waals surface area contributed by atoms with Crippen LogP contribution >= 0.6 is 0 Å². The van der Waals surface area contributed by atoms with Gasteiger partial charge in [0.1, 0.15) is 12.3 Å². The summed E-state index contributed by atoms with van der Waals surface area (Å²) in [7, 11) is -2.36. The standard InChI is InChI=1S/C24H33N3O4S/c1-20-7-13-23(14-8-20)32(29,30)27(21-9-11-22(31-2)12-10-21)19-24(28)25-15-6-18-26-16-4-3-5-17-26/h7-14H,3-6,15-19H2,1-2H3,(H,25,28). The number of ether oxygens (including phenoxy) is 1. The first-order valence-corrected chi connectivity index (χ1v) is 12.6. The normalized spacial score (nSPS) is 14.7. The van der Waals surface area contributed by atoms with Gasteiger partial charge >= 0.3 is 0 Å². The average molecular weight is 460 g/mol. The zero-order valence-corrected chi connectivity index (χ0v) is 19.7. The molecule has 32 heavy (non-hydrogen) atoms. The third-order valence-electron chi connectivity index (χ3n) is 5.68. The molecular formula is C24H33N3O4S. The topological polar surface area (TPSA) is 79.0 Å².